The summed E-state index contributed by atoms with van der Waals surface area (Å²) in [5, 5.41) is 0. The maximum Gasteiger partial charge on any atom is 0.214 e. The van der Waals surface area contributed by atoms with E-state index in [0.717, 1.165) is 25.8 Å². The van der Waals surface area contributed by atoms with Crippen LogP contribution in [0.4, 0.5) is 0 Å². The number of hydrogen-bond acceptors (Lipinski definition) is 2. The topological polar surface area (TPSA) is 37.4 Å². The van der Waals surface area contributed by atoms with Crippen molar-refractivity contribution in [1.29, 1.82) is 0 Å². The second-order valence-electron chi connectivity index (χ2n) is 5.20. The molecule has 2 aliphatic rings. The van der Waals surface area contributed by atoms with Crippen LogP contribution in [0.3, 0.4) is 0 Å². The molecule has 0 unspecified atom stereocenters. The Morgan fingerprint density at radius 3 is 2.69 bits per heavy atom. The van der Waals surface area contributed by atoms with Gasteiger partial charge in [-0.3, -0.25) is 0 Å². The van der Waals surface area contributed by atoms with Gasteiger partial charge in [0.1, 0.15) is 0 Å². The molecule has 1 saturated carbocycles. The van der Waals surface area contributed by atoms with Gasteiger partial charge in [0.15, 0.2) is 0 Å². The third-order valence-electron chi connectivity index (χ3n) is 4.02. The first-order valence-electron chi connectivity index (χ1n) is 6.64. The molecule has 0 amide bonds. The molecule has 2 rings (SSSR count). The lowest BCUT2D eigenvalue weighted by molar-refractivity contribution is 0.0941. The van der Waals surface area contributed by atoms with Crippen molar-refractivity contribution < 1.29 is 8.42 Å². The van der Waals surface area contributed by atoms with E-state index in [4.69, 9.17) is 0 Å². The van der Waals surface area contributed by atoms with E-state index >= 15 is 0 Å². The number of rotatable bonds is 4. The Labute approximate surface area is 99.3 Å². The fourth-order valence-electron chi connectivity index (χ4n) is 2.95. The lowest BCUT2D eigenvalue weighted by Crippen LogP contribution is -2.58. The van der Waals surface area contributed by atoms with E-state index in [-0.39, 0.29) is 0 Å². The zero-order valence-corrected chi connectivity index (χ0v) is 11.0. The van der Waals surface area contributed by atoms with E-state index < -0.39 is 10.0 Å². The van der Waals surface area contributed by atoms with Crippen LogP contribution in [0.1, 0.15) is 51.9 Å². The first kappa shape index (κ1) is 12.4. The minimum atomic E-state index is -2.94. The lowest BCUT2D eigenvalue weighted by atomic mass is 9.87. The van der Waals surface area contributed by atoms with Gasteiger partial charge in [-0.05, 0) is 25.2 Å². The first-order chi connectivity index (χ1) is 7.65. The van der Waals surface area contributed by atoms with E-state index in [0.29, 0.717) is 17.7 Å². The third-order valence-corrected chi connectivity index (χ3v) is 5.96. The van der Waals surface area contributed by atoms with Crippen LogP contribution in [0.2, 0.25) is 0 Å². The molecule has 0 aromatic rings. The number of fused-ring (bicyclic) bond motifs is 1. The highest BCUT2D eigenvalue weighted by atomic mass is 32.2. The lowest BCUT2D eigenvalue weighted by Gasteiger charge is -2.46. The van der Waals surface area contributed by atoms with Crippen molar-refractivity contribution in [2.45, 2.75) is 57.9 Å². The van der Waals surface area contributed by atoms with Crippen LogP contribution in [0.15, 0.2) is 0 Å². The van der Waals surface area contributed by atoms with Crippen LogP contribution in [0, 0.1) is 5.92 Å². The quantitative estimate of drug-likeness (QED) is 0.762. The summed E-state index contributed by atoms with van der Waals surface area (Å²) in [7, 11) is -2.94. The minimum Gasteiger partial charge on any atom is -0.212 e. The van der Waals surface area contributed by atoms with Gasteiger partial charge in [-0.1, -0.05) is 32.6 Å². The molecule has 16 heavy (non-hydrogen) atoms. The van der Waals surface area contributed by atoms with Gasteiger partial charge in [0, 0.05) is 12.6 Å². The van der Waals surface area contributed by atoms with Crippen LogP contribution in [0.5, 0.6) is 0 Å². The smallest absolute Gasteiger partial charge is 0.212 e. The SMILES string of the molecule is CCCCS(=O)(=O)N1C[C@@H]2CCCCC[C@@H]21. The van der Waals surface area contributed by atoms with Gasteiger partial charge in [0.05, 0.1) is 5.75 Å². The van der Waals surface area contributed by atoms with Gasteiger partial charge >= 0.3 is 0 Å². The van der Waals surface area contributed by atoms with Gasteiger partial charge in [-0.15, -0.1) is 0 Å². The fourth-order valence-corrected chi connectivity index (χ4v) is 4.95. The fraction of sp³-hybridized carbons (Fsp3) is 1.00. The van der Waals surface area contributed by atoms with Crippen LogP contribution in [0.25, 0.3) is 0 Å². The predicted octanol–water partition coefficient (Wildman–Crippen LogP) is 2.38. The van der Waals surface area contributed by atoms with Crippen molar-refractivity contribution in [2.24, 2.45) is 5.92 Å². The summed E-state index contributed by atoms with van der Waals surface area (Å²) in [5.41, 5.74) is 0. The van der Waals surface area contributed by atoms with Crippen molar-refractivity contribution in [1.82, 2.24) is 4.31 Å². The normalized spacial score (nSPS) is 31.6. The Morgan fingerprint density at radius 1 is 1.19 bits per heavy atom. The van der Waals surface area contributed by atoms with E-state index in [1.165, 1.54) is 25.7 Å². The molecule has 0 bridgehead atoms. The second kappa shape index (κ2) is 5.05. The molecule has 0 aromatic heterocycles. The van der Waals surface area contributed by atoms with Crippen molar-refractivity contribution in [3.8, 4) is 0 Å². The molecule has 1 saturated heterocycles. The van der Waals surface area contributed by atoms with Gasteiger partial charge in [-0.2, -0.15) is 4.31 Å². The van der Waals surface area contributed by atoms with Crippen molar-refractivity contribution >= 4 is 10.0 Å². The highest BCUT2D eigenvalue weighted by molar-refractivity contribution is 7.89. The highest BCUT2D eigenvalue weighted by Crippen LogP contribution is 2.38. The standard InChI is InChI=1S/C12H23NO2S/c1-2-3-9-16(14,15)13-10-11-7-5-4-6-8-12(11)13/h11-12H,2-10H2,1H3/t11-,12-/m0/s1. The molecule has 4 heteroatoms. The van der Waals surface area contributed by atoms with Crippen molar-refractivity contribution in [3.63, 3.8) is 0 Å². The Morgan fingerprint density at radius 2 is 1.94 bits per heavy atom. The molecule has 0 N–H and O–H groups in total. The Bertz CT molecular complexity index is 326. The molecule has 1 heterocycles. The minimum absolute atomic E-state index is 0.351. The van der Waals surface area contributed by atoms with E-state index in [9.17, 15) is 8.42 Å². The molecular formula is C12H23NO2S. The zero-order chi connectivity index (χ0) is 11.6. The largest absolute Gasteiger partial charge is 0.214 e. The molecule has 94 valence electrons. The van der Waals surface area contributed by atoms with Crippen LogP contribution in [-0.4, -0.2) is 31.1 Å². The summed E-state index contributed by atoms with van der Waals surface area (Å²) >= 11 is 0. The second-order valence-corrected chi connectivity index (χ2v) is 7.25. The number of unbranched alkanes of at least 4 members (excludes halogenated alkanes) is 1. The molecule has 2 fully saturated rings. The van der Waals surface area contributed by atoms with Gasteiger partial charge < -0.3 is 0 Å². The summed E-state index contributed by atoms with van der Waals surface area (Å²) in [5.74, 6) is 1.02. The monoisotopic (exact) mass is 245 g/mol. The molecule has 1 aliphatic heterocycles. The molecule has 2 atom stereocenters. The van der Waals surface area contributed by atoms with Crippen molar-refractivity contribution in [3.05, 3.63) is 0 Å². The maximum atomic E-state index is 12.1. The Hall–Kier alpha value is -0.0900. The predicted molar refractivity (Wildman–Crippen MR) is 65.8 cm³/mol. The van der Waals surface area contributed by atoms with Gasteiger partial charge in [0.25, 0.3) is 0 Å². The van der Waals surface area contributed by atoms with E-state index in [1.807, 2.05) is 6.92 Å². The van der Waals surface area contributed by atoms with Crippen LogP contribution < -0.4 is 0 Å². The first-order valence-corrected chi connectivity index (χ1v) is 8.25. The molecule has 3 nitrogen and oxygen atoms in total. The average Bonchev–Trinajstić information content (AvgIpc) is 2.38. The van der Waals surface area contributed by atoms with E-state index in [1.54, 1.807) is 4.31 Å². The van der Waals surface area contributed by atoms with Crippen LogP contribution in [-0.2, 0) is 10.0 Å². The number of nitrogens with zero attached hydrogens (tertiary/aromatic N) is 1. The maximum absolute atomic E-state index is 12.1. The van der Waals surface area contributed by atoms with Gasteiger partial charge in [-0.25, -0.2) is 8.42 Å². The summed E-state index contributed by atoms with van der Waals surface area (Å²) in [6, 6.07) is 0.351. The summed E-state index contributed by atoms with van der Waals surface area (Å²) in [6.45, 7) is 2.84. The molecule has 0 spiro atoms. The number of hydrogen-bond donors (Lipinski definition) is 0. The number of sulfonamides is 1. The third kappa shape index (κ3) is 2.43. The van der Waals surface area contributed by atoms with Crippen LogP contribution >= 0.6 is 0 Å². The Kier molecular flexibility index (Phi) is 3.90. The summed E-state index contributed by atoms with van der Waals surface area (Å²) < 4.78 is 25.9. The molecular weight excluding hydrogens is 222 g/mol. The zero-order valence-electron chi connectivity index (χ0n) is 10.2. The van der Waals surface area contributed by atoms with Crippen molar-refractivity contribution in [2.75, 3.05) is 12.3 Å². The molecule has 0 aromatic carbocycles. The Balaban J connectivity index is 1.96. The summed E-state index contributed by atoms with van der Waals surface area (Å²) in [4.78, 5) is 0. The molecule has 0 radical (unpaired) electrons. The average molecular weight is 245 g/mol. The summed E-state index contributed by atoms with van der Waals surface area (Å²) in [6.07, 6.45) is 7.89. The van der Waals surface area contributed by atoms with E-state index in [2.05, 4.69) is 0 Å². The molecule has 1 aliphatic carbocycles. The highest BCUT2D eigenvalue weighted by Gasteiger charge is 2.44. The van der Waals surface area contributed by atoms with Gasteiger partial charge in [0.2, 0.25) is 10.0 Å².